The van der Waals surface area contributed by atoms with Crippen molar-refractivity contribution in [3.8, 4) is 11.5 Å². The summed E-state index contributed by atoms with van der Waals surface area (Å²) in [7, 11) is 0. The molecule has 2 N–H and O–H groups in total. The molecule has 0 radical (unpaired) electrons. The first kappa shape index (κ1) is 12.4. The van der Waals surface area contributed by atoms with Gasteiger partial charge in [-0.2, -0.15) is 5.10 Å². The fourth-order valence-electron chi connectivity index (χ4n) is 1.70. The molecule has 18 heavy (non-hydrogen) atoms. The number of furan rings is 1. The summed E-state index contributed by atoms with van der Waals surface area (Å²) in [6.07, 6.45) is 2.45. The van der Waals surface area contributed by atoms with E-state index < -0.39 is 0 Å². The van der Waals surface area contributed by atoms with Gasteiger partial charge < -0.3 is 9.73 Å². The molecular formula is C13H17N3O2. The Morgan fingerprint density at radius 3 is 3.00 bits per heavy atom. The quantitative estimate of drug-likeness (QED) is 0.872. The third kappa shape index (κ3) is 2.30. The molecular weight excluding hydrogens is 230 g/mol. The molecule has 5 heteroatoms. The van der Waals surface area contributed by atoms with Crippen molar-refractivity contribution in [2.24, 2.45) is 0 Å². The first-order valence-electron chi connectivity index (χ1n) is 6.03. The van der Waals surface area contributed by atoms with E-state index in [-0.39, 0.29) is 11.9 Å². The molecule has 0 aliphatic carbocycles. The average molecular weight is 247 g/mol. The summed E-state index contributed by atoms with van der Waals surface area (Å²) >= 11 is 0. The highest BCUT2D eigenvalue weighted by Gasteiger charge is 2.21. The zero-order valence-electron chi connectivity index (χ0n) is 10.8. The number of nitrogens with one attached hydrogen (secondary N) is 2. The van der Waals surface area contributed by atoms with Gasteiger partial charge in [0.1, 0.15) is 5.69 Å². The minimum absolute atomic E-state index is 0.123. The number of amides is 1. The molecule has 0 saturated carbocycles. The second-order valence-corrected chi connectivity index (χ2v) is 4.33. The molecule has 0 aliphatic heterocycles. The Labute approximate surface area is 106 Å². The second kappa shape index (κ2) is 5.08. The molecule has 0 aliphatic rings. The van der Waals surface area contributed by atoms with Crippen LogP contribution in [0.4, 0.5) is 0 Å². The molecule has 0 aromatic carbocycles. The highest BCUT2D eigenvalue weighted by molar-refractivity contribution is 6.00. The molecule has 1 amide bonds. The molecule has 0 saturated heterocycles. The lowest BCUT2D eigenvalue weighted by atomic mass is 10.1. The Hall–Kier alpha value is -2.04. The van der Waals surface area contributed by atoms with E-state index >= 15 is 0 Å². The van der Waals surface area contributed by atoms with Gasteiger partial charge in [-0.15, -0.1) is 0 Å². The van der Waals surface area contributed by atoms with Crippen molar-refractivity contribution in [3.05, 3.63) is 29.7 Å². The van der Waals surface area contributed by atoms with Crippen molar-refractivity contribution in [1.82, 2.24) is 15.5 Å². The zero-order chi connectivity index (χ0) is 13.1. The second-order valence-electron chi connectivity index (χ2n) is 4.33. The number of aryl methyl sites for hydroxylation is 1. The monoisotopic (exact) mass is 247 g/mol. The highest BCUT2D eigenvalue weighted by Crippen LogP contribution is 2.23. The van der Waals surface area contributed by atoms with Crippen molar-refractivity contribution < 1.29 is 9.21 Å². The molecule has 96 valence electrons. The Balaban J connectivity index is 2.33. The molecule has 2 aromatic rings. The van der Waals surface area contributed by atoms with Crippen molar-refractivity contribution in [2.75, 3.05) is 0 Å². The summed E-state index contributed by atoms with van der Waals surface area (Å²) in [6, 6.07) is 3.70. The van der Waals surface area contributed by atoms with Crippen molar-refractivity contribution in [1.29, 1.82) is 0 Å². The summed E-state index contributed by atoms with van der Waals surface area (Å²) < 4.78 is 5.29. The Bertz CT molecular complexity index is 528. The molecule has 0 spiro atoms. The Morgan fingerprint density at radius 1 is 1.61 bits per heavy atom. The van der Waals surface area contributed by atoms with Gasteiger partial charge in [0.2, 0.25) is 0 Å². The van der Waals surface area contributed by atoms with Gasteiger partial charge in [-0.05, 0) is 32.4 Å². The van der Waals surface area contributed by atoms with Crippen LogP contribution in [0.5, 0.6) is 0 Å². The van der Waals surface area contributed by atoms with Gasteiger partial charge in [0.25, 0.3) is 5.91 Å². The van der Waals surface area contributed by atoms with Crippen LogP contribution < -0.4 is 5.32 Å². The van der Waals surface area contributed by atoms with Crippen LogP contribution in [-0.2, 0) is 0 Å². The number of aromatic amines is 1. The minimum Gasteiger partial charge on any atom is -0.463 e. The fraction of sp³-hybridized carbons (Fsp3) is 0.385. The number of carbonyl (C=O) groups is 1. The Morgan fingerprint density at radius 2 is 2.39 bits per heavy atom. The van der Waals surface area contributed by atoms with Crippen LogP contribution in [-0.4, -0.2) is 22.1 Å². The van der Waals surface area contributed by atoms with E-state index in [1.807, 2.05) is 20.8 Å². The SMILES string of the molecule is CCC(C)NC(=O)c1c(-c2ccco2)n[nH]c1C. The number of hydrogen-bond donors (Lipinski definition) is 2. The predicted molar refractivity (Wildman–Crippen MR) is 68.2 cm³/mol. The zero-order valence-corrected chi connectivity index (χ0v) is 10.8. The first-order valence-corrected chi connectivity index (χ1v) is 6.03. The molecule has 2 aromatic heterocycles. The van der Waals surface area contributed by atoms with Crippen LogP contribution in [0, 0.1) is 6.92 Å². The molecule has 1 atom stereocenters. The molecule has 1 unspecified atom stereocenters. The standard InChI is InChI=1S/C13H17N3O2/c1-4-8(2)14-13(17)11-9(3)15-16-12(11)10-6-5-7-18-10/h5-8H,4H2,1-3H3,(H,14,17)(H,15,16). The van der Waals surface area contributed by atoms with Gasteiger partial charge in [-0.3, -0.25) is 9.89 Å². The molecule has 0 bridgehead atoms. The maximum atomic E-state index is 12.2. The van der Waals surface area contributed by atoms with E-state index in [0.29, 0.717) is 17.0 Å². The van der Waals surface area contributed by atoms with Crippen molar-refractivity contribution in [2.45, 2.75) is 33.2 Å². The predicted octanol–water partition coefficient (Wildman–Crippen LogP) is 2.51. The van der Waals surface area contributed by atoms with Crippen molar-refractivity contribution in [3.63, 3.8) is 0 Å². The van der Waals surface area contributed by atoms with Crippen LogP contribution in [0.3, 0.4) is 0 Å². The topological polar surface area (TPSA) is 70.9 Å². The lowest BCUT2D eigenvalue weighted by Crippen LogP contribution is -2.32. The summed E-state index contributed by atoms with van der Waals surface area (Å²) in [5.74, 6) is 0.468. The summed E-state index contributed by atoms with van der Waals surface area (Å²) in [6.45, 7) is 5.82. The van der Waals surface area contributed by atoms with E-state index in [9.17, 15) is 4.79 Å². The number of rotatable bonds is 4. The maximum Gasteiger partial charge on any atom is 0.255 e. The van der Waals surface area contributed by atoms with Gasteiger partial charge in [0.05, 0.1) is 11.8 Å². The average Bonchev–Trinajstić information content (AvgIpc) is 2.97. The lowest BCUT2D eigenvalue weighted by molar-refractivity contribution is 0.0939. The van der Waals surface area contributed by atoms with Gasteiger partial charge in [-0.1, -0.05) is 6.92 Å². The normalized spacial score (nSPS) is 12.4. The number of nitrogens with zero attached hydrogens (tertiary/aromatic N) is 1. The third-order valence-electron chi connectivity index (χ3n) is 2.92. The van der Waals surface area contributed by atoms with Crippen LogP contribution in [0.25, 0.3) is 11.5 Å². The fourth-order valence-corrected chi connectivity index (χ4v) is 1.70. The van der Waals surface area contributed by atoms with E-state index in [1.54, 1.807) is 18.4 Å². The van der Waals surface area contributed by atoms with Gasteiger partial charge in [0.15, 0.2) is 5.76 Å². The van der Waals surface area contributed by atoms with E-state index in [0.717, 1.165) is 12.1 Å². The van der Waals surface area contributed by atoms with Crippen LogP contribution in [0.2, 0.25) is 0 Å². The largest absolute Gasteiger partial charge is 0.463 e. The number of hydrogen-bond acceptors (Lipinski definition) is 3. The highest BCUT2D eigenvalue weighted by atomic mass is 16.3. The van der Waals surface area contributed by atoms with Gasteiger partial charge in [-0.25, -0.2) is 0 Å². The summed E-state index contributed by atoms with van der Waals surface area (Å²) in [5.41, 5.74) is 1.84. The molecule has 2 rings (SSSR count). The number of carbonyl (C=O) groups excluding carboxylic acids is 1. The minimum atomic E-state index is -0.123. The van der Waals surface area contributed by atoms with E-state index in [2.05, 4.69) is 15.5 Å². The van der Waals surface area contributed by atoms with Gasteiger partial charge >= 0.3 is 0 Å². The first-order chi connectivity index (χ1) is 8.63. The van der Waals surface area contributed by atoms with Crippen LogP contribution >= 0.6 is 0 Å². The number of aromatic nitrogens is 2. The van der Waals surface area contributed by atoms with Crippen LogP contribution in [0.15, 0.2) is 22.8 Å². The smallest absolute Gasteiger partial charge is 0.255 e. The third-order valence-corrected chi connectivity index (χ3v) is 2.92. The molecule has 0 fully saturated rings. The summed E-state index contributed by atoms with van der Waals surface area (Å²) in [5, 5.41) is 9.89. The molecule has 2 heterocycles. The lowest BCUT2D eigenvalue weighted by Gasteiger charge is -2.11. The van der Waals surface area contributed by atoms with Crippen molar-refractivity contribution >= 4 is 5.91 Å². The Kier molecular flexibility index (Phi) is 3.50. The molecule has 5 nitrogen and oxygen atoms in total. The summed E-state index contributed by atoms with van der Waals surface area (Å²) in [4.78, 5) is 12.2. The van der Waals surface area contributed by atoms with Gasteiger partial charge in [0, 0.05) is 11.7 Å². The number of H-pyrrole nitrogens is 1. The maximum absolute atomic E-state index is 12.2. The van der Waals surface area contributed by atoms with E-state index in [4.69, 9.17) is 4.42 Å². The van der Waals surface area contributed by atoms with Crippen LogP contribution in [0.1, 0.15) is 36.3 Å². The van der Waals surface area contributed by atoms with E-state index in [1.165, 1.54) is 0 Å².